The predicted molar refractivity (Wildman–Crippen MR) is 65.0 cm³/mol. The Morgan fingerprint density at radius 2 is 2.25 bits per heavy atom. The molecule has 0 aliphatic carbocycles. The standard InChI is InChI=1S/C12H16NO2S/c1-9-13(6-3-7-14)11-8-10(15-2)4-5-12(11)16-9/h4-5,8,14H,3,6-7H2,1-2H3/q+1. The molecule has 1 heterocycles. The molecule has 0 saturated carbocycles. The van der Waals surface area contributed by atoms with Crippen molar-refractivity contribution >= 4 is 21.6 Å². The second kappa shape index (κ2) is 4.80. The molecule has 0 unspecified atom stereocenters. The molecule has 16 heavy (non-hydrogen) atoms. The normalized spacial score (nSPS) is 10.9. The number of hydrogen-bond acceptors (Lipinski definition) is 3. The van der Waals surface area contributed by atoms with Crippen molar-refractivity contribution < 1.29 is 14.4 Å². The summed E-state index contributed by atoms with van der Waals surface area (Å²) in [7, 11) is 1.68. The van der Waals surface area contributed by atoms with Crippen molar-refractivity contribution in [3.63, 3.8) is 0 Å². The molecule has 0 aliphatic heterocycles. The van der Waals surface area contributed by atoms with E-state index in [1.165, 1.54) is 15.2 Å². The molecule has 1 aromatic heterocycles. The quantitative estimate of drug-likeness (QED) is 0.825. The van der Waals surface area contributed by atoms with Gasteiger partial charge in [0, 0.05) is 20.0 Å². The van der Waals surface area contributed by atoms with E-state index in [1.54, 1.807) is 18.4 Å². The first-order valence-electron chi connectivity index (χ1n) is 5.34. The molecule has 0 atom stereocenters. The van der Waals surface area contributed by atoms with E-state index in [1.807, 2.05) is 6.07 Å². The van der Waals surface area contributed by atoms with Gasteiger partial charge in [-0.25, -0.2) is 0 Å². The Morgan fingerprint density at radius 3 is 2.94 bits per heavy atom. The summed E-state index contributed by atoms with van der Waals surface area (Å²) in [5.41, 5.74) is 1.19. The van der Waals surface area contributed by atoms with Crippen LogP contribution in [-0.4, -0.2) is 18.8 Å². The predicted octanol–water partition coefficient (Wildman–Crippen LogP) is 1.89. The lowest BCUT2D eigenvalue weighted by Gasteiger charge is -1.98. The van der Waals surface area contributed by atoms with Crippen LogP contribution in [0.2, 0.25) is 0 Å². The van der Waals surface area contributed by atoms with Crippen molar-refractivity contribution in [2.24, 2.45) is 0 Å². The van der Waals surface area contributed by atoms with E-state index in [0.29, 0.717) is 0 Å². The largest absolute Gasteiger partial charge is 0.497 e. The van der Waals surface area contributed by atoms with Crippen molar-refractivity contribution in [3.8, 4) is 5.75 Å². The molecule has 0 fully saturated rings. The first-order chi connectivity index (χ1) is 7.76. The summed E-state index contributed by atoms with van der Waals surface area (Å²) in [6.07, 6.45) is 0.786. The maximum absolute atomic E-state index is 8.89. The molecular formula is C12H16NO2S+. The Bertz CT molecular complexity index is 493. The zero-order chi connectivity index (χ0) is 11.5. The summed E-state index contributed by atoms with van der Waals surface area (Å²) < 4.78 is 8.73. The van der Waals surface area contributed by atoms with Crippen molar-refractivity contribution in [1.29, 1.82) is 0 Å². The summed E-state index contributed by atoms with van der Waals surface area (Å²) >= 11 is 1.77. The minimum absolute atomic E-state index is 0.230. The first kappa shape index (κ1) is 11.4. The molecule has 3 nitrogen and oxygen atoms in total. The molecule has 1 N–H and O–H groups in total. The van der Waals surface area contributed by atoms with Gasteiger partial charge < -0.3 is 9.84 Å². The number of methoxy groups -OCH3 is 1. The third-order valence-corrected chi connectivity index (χ3v) is 3.72. The number of aliphatic hydroxyl groups is 1. The van der Waals surface area contributed by atoms with Crippen LogP contribution in [-0.2, 0) is 6.54 Å². The summed E-state index contributed by atoms with van der Waals surface area (Å²) in [5.74, 6) is 0.878. The van der Waals surface area contributed by atoms with Gasteiger partial charge in [-0.2, -0.15) is 4.57 Å². The number of benzene rings is 1. The molecule has 0 radical (unpaired) electrons. The minimum atomic E-state index is 0.230. The highest BCUT2D eigenvalue weighted by Crippen LogP contribution is 2.24. The highest BCUT2D eigenvalue weighted by atomic mass is 32.1. The van der Waals surface area contributed by atoms with E-state index in [9.17, 15) is 0 Å². The van der Waals surface area contributed by atoms with Crippen LogP contribution in [0.4, 0.5) is 0 Å². The number of aliphatic hydroxyl groups excluding tert-OH is 1. The molecule has 0 amide bonds. The molecule has 1 aromatic carbocycles. The number of hydrogen-bond donors (Lipinski definition) is 1. The van der Waals surface area contributed by atoms with Crippen LogP contribution in [0.5, 0.6) is 5.75 Å². The molecular weight excluding hydrogens is 222 g/mol. The monoisotopic (exact) mass is 238 g/mol. The van der Waals surface area contributed by atoms with E-state index in [0.717, 1.165) is 18.7 Å². The number of ether oxygens (including phenoxy) is 1. The minimum Gasteiger partial charge on any atom is -0.497 e. The Hall–Kier alpha value is -1.13. The van der Waals surface area contributed by atoms with Crippen LogP contribution in [0.25, 0.3) is 10.2 Å². The molecule has 4 heteroatoms. The van der Waals surface area contributed by atoms with Gasteiger partial charge in [-0.15, -0.1) is 0 Å². The maximum atomic E-state index is 8.89. The van der Waals surface area contributed by atoms with Crippen molar-refractivity contribution in [3.05, 3.63) is 23.2 Å². The maximum Gasteiger partial charge on any atom is 0.235 e. The number of thiazole rings is 1. The lowest BCUT2D eigenvalue weighted by molar-refractivity contribution is -0.673. The average molecular weight is 238 g/mol. The molecule has 2 aromatic rings. The highest BCUT2D eigenvalue weighted by molar-refractivity contribution is 7.18. The number of aromatic nitrogens is 1. The fraction of sp³-hybridized carbons (Fsp3) is 0.417. The Balaban J connectivity index is 2.48. The topological polar surface area (TPSA) is 33.3 Å². The summed E-state index contributed by atoms with van der Waals surface area (Å²) in [5, 5.41) is 10.2. The molecule has 0 aliphatic rings. The van der Waals surface area contributed by atoms with Gasteiger partial charge in [0.05, 0.1) is 13.2 Å². The van der Waals surface area contributed by atoms with Gasteiger partial charge in [0.1, 0.15) is 10.4 Å². The second-order valence-electron chi connectivity index (χ2n) is 3.68. The van der Waals surface area contributed by atoms with Crippen molar-refractivity contribution in [2.45, 2.75) is 19.9 Å². The summed E-state index contributed by atoms with van der Waals surface area (Å²) in [4.78, 5) is 0. The van der Waals surface area contributed by atoms with Crippen molar-refractivity contribution in [1.82, 2.24) is 0 Å². The van der Waals surface area contributed by atoms with Crippen LogP contribution in [0.15, 0.2) is 18.2 Å². The SMILES string of the molecule is COc1ccc2sc(C)[n+](CCCO)c2c1. The zero-order valence-corrected chi connectivity index (χ0v) is 10.4. The molecule has 0 bridgehead atoms. The molecule has 0 saturated heterocycles. The molecule has 2 rings (SSSR count). The van der Waals surface area contributed by atoms with E-state index in [2.05, 4.69) is 23.6 Å². The lowest BCUT2D eigenvalue weighted by Crippen LogP contribution is -2.35. The zero-order valence-electron chi connectivity index (χ0n) is 9.56. The summed E-state index contributed by atoms with van der Waals surface area (Å²) in [6, 6.07) is 6.12. The van der Waals surface area contributed by atoms with Crippen LogP contribution in [0, 0.1) is 6.92 Å². The third-order valence-electron chi connectivity index (χ3n) is 2.63. The Morgan fingerprint density at radius 1 is 1.44 bits per heavy atom. The van der Waals surface area contributed by atoms with E-state index < -0.39 is 0 Å². The van der Waals surface area contributed by atoms with Gasteiger partial charge in [0.25, 0.3) is 0 Å². The van der Waals surface area contributed by atoms with Crippen LogP contribution >= 0.6 is 11.3 Å². The fourth-order valence-corrected chi connectivity index (χ4v) is 2.84. The van der Waals surface area contributed by atoms with Gasteiger partial charge in [0.2, 0.25) is 10.5 Å². The van der Waals surface area contributed by atoms with E-state index >= 15 is 0 Å². The van der Waals surface area contributed by atoms with E-state index in [4.69, 9.17) is 9.84 Å². The van der Waals surface area contributed by atoms with Gasteiger partial charge in [0.15, 0.2) is 6.54 Å². The molecule has 86 valence electrons. The van der Waals surface area contributed by atoms with Gasteiger partial charge in [-0.1, -0.05) is 11.3 Å². The van der Waals surface area contributed by atoms with Crippen LogP contribution in [0.3, 0.4) is 0 Å². The summed E-state index contributed by atoms with van der Waals surface area (Å²) in [6.45, 7) is 3.19. The number of fused-ring (bicyclic) bond motifs is 1. The smallest absolute Gasteiger partial charge is 0.235 e. The number of aryl methyl sites for hydroxylation is 2. The average Bonchev–Trinajstić information content (AvgIpc) is 2.61. The van der Waals surface area contributed by atoms with Crippen LogP contribution in [0.1, 0.15) is 11.4 Å². The third kappa shape index (κ3) is 2.03. The van der Waals surface area contributed by atoms with E-state index in [-0.39, 0.29) is 6.61 Å². The fourth-order valence-electron chi connectivity index (χ4n) is 1.81. The van der Waals surface area contributed by atoms with Crippen molar-refractivity contribution in [2.75, 3.05) is 13.7 Å². The molecule has 0 spiro atoms. The Kier molecular flexibility index (Phi) is 3.41. The van der Waals surface area contributed by atoms with Gasteiger partial charge >= 0.3 is 0 Å². The van der Waals surface area contributed by atoms with Gasteiger partial charge in [-0.05, 0) is 12.1 Å². The number of rotatable bonds is 4. The number of nitrogens with zero attached hydrogens (tertiary/aromatic N) is 1. The Labute approximate surface area is 98.9 Å². The second-order valence-corrected chi connectivity index (χ2v) is 4.92. The highest BCUT2D eigenvalue weighted by Gasteiger charge is 2.17. The van der Waals surface area contributed by atoms with Gasteiger partial charge in [-0.3, -0.25) is 0 Å². The lowest BCUT2D eigenvalue weighted by atomic mass is 10.3. The first-order valence-corrected chi connectivity index (χ1v) is 6.15. The van der Waals surface area contributed by atoms with Crippen LogP contribution < -0.4 is 9.30 Å².